The highest BCUT2D eigenvalue weighted by Gasteiger charge is 2.12. The molecule has 0 amide bonds. The van der Waals surface area contributed by atoms with E-state index >= 15 is 0 Å². The molecule has 0 aliphatic carbocycles. The Kier molecular flexibility index (Phi) is 5.79. The minimum Gasteiger partial charge on any atom is -0.323 e. The van der Waals surface area contributed by atoms with Crippen molar-refractivity contribution in [2.75, 3.05) is 4.72 Å². The molecule has 0 saturated carbocycles. The fourth-order valence-electron chi connectivity index (χ4n) is 2.51. The lowest BCUT2D eigenvalue weighted by Crippen LogP contribution is -1.99. The highest BCUT2D eigenvalue weighted by molar-refractivity contribution is 8.00. The van der Waals surface area contributed by atoms with Gasteiger partial charge in [-0.2, -0.15) is 0 Å². The Morgan fingerprint density at radius 2 is 2.00 bits per heavy atom. The van der Waals surface area contributed by atoms with Gasteiger partial charge in [-0.1, -0.05) is 36.7 Å². The van der Waals surface area contributed by atoms with Crippen LogP contribution < -0.4 is 4.72 Å². The quantitative estimate of drug-likeness (QED) is 0.370. The maximum atomic E-state index is 14.3. The van der Waals surface area contributed by atoms with Crippen LogP contribution in [-0.4, -0.2) is 4.98 Å². The second kappa shape index (κ2) is 8.06. The predicted octanol–water partition coefficient (Wildman–Crippen LogP) is 6.79. The van der Waals surface area contributed by atoms with Crippen LogP contribution in [-0.2, 0) is 6.42 Å². The van der Waals surface area contributed by atoms with Gasteiger partial charge in [0.1, 0.15) is 11.6 Å². The van der Waals surface area contributed by atoms with Gasteiger partial charge in [0.05, 0.1) is 10.6 Å². The monoisotopic (exact) mass is 390 g/mol. The standard InChI is InChI=1S/C20H17ClF2N2S/c1-3-12(2)6-13-8-18(23)19(9-17(13)22)25-26-20-11-24-10-14-7-15(21)4-5-16(14)20/h4-5,7-11,25H,2-3,6H2,1H3. The molecule has 2 nitrogen and oxygen atoms in total. The number of rotatable bonds is 6. The number of benzene rings is 2. The molecule has 0 unspecified atom stereocenters. The minimum atomic E-state index is -0.506. The lowest BCUT2D eigenvalue weighted by Gasteiger charge is -2.11. The van der Waals surface area contributed by atoms with E-state index < -0.39 is 11.6 Å². The molecule has 0 fully saturated rings. The van der Waals surface area contributed by atoms with Crippen LogP contribution in [0.5, 0.6) is 0 Å². The van der Waals surface area contributed by atoms with Crippen LogP contribution >= 0.6 is 23.5 Å². The van der Waals surface area contributed by atoms with Crippen molar-refractivity contribution in [3.05, 3.63) is 77.1 Å². The zero-order valence-electron chi connectivity index (χ0n) is 14.2. The zero-order chi connectivity index (χ0) is 18.7. The molecule has 1 N–H and O–H groups in total. The Bertz CT molecular complexity index is 975. The maximum Gasteiger partial charge on any atom is 0.147 e. The van der Waals surface area contributed by atoms with Gasteiger partial charge in [-0.3, -0.25) is 4.98 Å². The molecule has 0 bridgehead atoms. The highest BCUT2D eigenvalue weighted by Crippen LogP contribution is 2.31. The summed E-state index contributed by atoms with van der Waals surface area (Å²) in [7, 11) is 0. The van der Waals surface area contributed by atoms with Gasteiger partial charge in [0.25, 0.3) is 0 Å². The molecule has 3 rings (SSSR count). The van der Waals surface area contributed by atoms with Gasteiger partial charge in [0, 0.05) is 34.3 Å². The maximum absolute atomic E-state index is 14.3. The van der Waals surface area contributed by atoms with Crippen LogP contribution in [0, 0.1) is 11.6 Å². The van der Waals surface area contributed by atoms with E-state index in [9.17, 15) is 8.78 Å². The molecule has 0 spiro atoms. The van der Waals surface area contributed by atoms with E-state index in [1.807, 2.05) is 19.1 Å². The SMILES string of the molecule is C=C(CC)Cc1cc(F)c(NSc2cncc3cc(Cl)ccc23)cc1F. The summed E-state index contributed by atoms with van der Waals surface area (Å²) < 4.78 is 31.5. The minimum absolute atomic E-state index is 0.0873. The zero-order valence-corrected chi connectivity index (χ0v) is 15.7. The van der Waals surface area contributed by atoms with Gasteiger partial charge >= 0.3 is 0 Å². The van der Waals surface area contributed by atoms with Crippen molar-refractivity contribution in [2.24, 2.45) is 0 Å². The van der Waals surface area contributed by atoms with Crippen molar-refractivity contribution in [3.63, 3.8) is 0 Å². The van der Waals surface area contributed by atoms with Crippen molar-refractivity contribution >= 4 is 40.0 Å². The number of anilines is 1. The second-order valence-corrected chi connectivity index (χ2v) is 7.20. The third kappa shape index (κ3) is 4.17. The molecule has 0 saturated heterocycles. The fraction of sp³-hybridized carbons (Fsp3) is 0.150. The van der Waals surface area contributed by atoms with Crippen LogP contribution in [0.2, 0.25) is 5.02 Å². The van der Waals surface area contributed by atoms with Gasteiger partial charge in [-0.15, -0.1) is 0 Å². The normalized spacial score (nSPS) is 10.9. The van der Waals surface area contributed by atoms with E-state index in [2.05, 4.69) is 16.3 Å². The fourth-order valence-corrected chi connectivity index (χ4v) is 3.47. The summed E-state index contributed by atoms with van der Waals surface area (Å²) in [6, 6.07) is 7.86. The molecule has 0 atom stereocenters. The number of aromatic nitrogens is 1. The van der Waals surface area contributed by atoms with Crippen LogP contribution in [0.1, 0.15) is 18.9 Å². The van der Waals surface area contributed by atoms with Crippen molar-refractivity contribution in [2.45, 2.75) is 24.7 Å². The number of hydrogen-bond donors (Lipinski definition) is 1. The molecular formula is C20H17ClF2N2S. The highest BCUT2D eigenvalue weighted by atomic mass is 35.5. The third-order valence-corrected chi connectivity index (χ3v) is 5.13. The Morgan fingerprint density at radius 1 is 1.19 bits per heavy atom. The molecule has 134 valence electrons. The summed E-state index contributed by atoms with van der Waals surface area (Å²) in [6.45, 7) is 5.79. The molecule has 0 aliphatic rings. The van der Waals surface area contributed by atoms with Crippen molar-refractivity contribution in [1.29, 1.82) is 0 Å². The van der Waals surface area contributed by atoms with Gasteiger partial charge in [0.2, 0.25) is 0 Å². The summed E-state index contributed by atoms with van der Waals surface area (Å²) in [4.78, 5) is 4.96. The van der Waals surface area contributed by atoms with Crippen LogP contribution in [0.4, 0.5) is 14.5 Å². The van der Waals surface area contributed by atoms with Gasteiger partial charge in [-0.05, 0) is 48.6 Å². The smallest absolute Gasteiger partial charge is 0.147 e. The molecule has 6 heteroatoms. The van der Waals surface area contributed by atoms with Gasteiger partial charge in [-0.25, -0.2) is 8.78 Å². The van der Waals surface area contributed by atoms with Crippen LogP contribution in [0.3, 0.4) is 0 Å². The third-order valence-electron chi connectivity index (χ3n) is 4.03. The Morgan fingerprint density at radius 3 is 2.77 bits per heavy atom. The van der Waals surface area contributed by atoms with E-state index in [1.165, 1.54) is 24.1 Å². The van der Waals surface area contributed by atoms with Crippen LogP contribution in [0.15, 0.2) is 59.8 Å². The first-order valence-electron chi connectivity index (χ1n) is 8.08. The van der Waals surface area contributed by atoms with Gasteiger partial charge < -0.3 is 4.72 Å². The van der Waals surface area contributed by atoms with Crippen molar-refractivity contribution in [3.8, 4) is 0 Å². The first-order chi connectivity index (χ1) is 12.5. The second-order valence-electron chi connectivity index (χ2n) is 5.91. The molecule has 2 aromatic carbocycles. The Labute approximate surface area is 160 Å². The van der Waals surface area contributed by atoms with E-state index in [0.29, 0.717) is 17.0 Å². The average Bonchev–Trinajstić information content (AvgIpc) is 2.62. The summed E-state index contributed by atoms with van der Waals surface area (Å²) in [5.41, 5.74) is 1.26. The average molecular weight is 391 g/mol. The number of halogens is 3. The molecule has 0 radical (unpaired) electrons. The van der Waals surface area contributed by atoms with E-state index in [0.717, 1.165) is 27.7 Å². The Hall–Kier alpha value is -2.11. The largest absolute Gasteiger partial charge is 0.323 e. The summed E-state index contributed by atoms with van der Waals surface area (Å²) >= 11 is 7.17. The molecule has 1 heterocycles. The number of nitrogens with one attached hydrogen (secondary N) is 1. The Balaban J connectivity index is 1.82. The first kappa shape index (κ1) is 18.7. The lowest BCUT2D eigenvalue weighted by atomic mass is 10.0. The molecule has 3 aromatic rings. The van der Waals surface area contributed by atoms with Crippen molar-refractivity contribution in [1.82, 2.24) is 4.98 Å². The number of nitrogens with zero attached hydrogens (tertiary/aromatic N) is 1. The van der Waals surface area contributed by atoms with Gasteiger partial charge in [0.15, 0.2) is 0 Å². The van der Waals surface area contributed by atoms with Crippen molar-refractivity contribution < 1.29 is 8.78 Å². The van der Waals surface area contributed by atoms with Crippen LogP contribution in [0.25, 0.3) is 10.8 Å². The number of allylic oxidation sites excluding steroid dienone is 1. The summed E-state index contributed by atoms with van der Waals surface area (Å²) in [5, 5.41) is 2.43. The molecule has 26 heavy (non-hydrogen) atoms. The number of hydrogen-bond acceptors (Lipinski definition) is 3. The molecule has 1 aromatic heterocycles. The summed E-state index contributed by atoms with van der Waals surface area (Å²) in [6.07, 6.45) is 4.44. The topological polar surface area (TPSA) is 24.9 Å². The number of fused-ring (bicyclic) bond motifs is 1. The first-order valence-corrected chi connectivity index (χ1v) is 9.28. The molecule has 0 aliphatic heterocycles. The van der Waals surface area contributed by atoms with E-state index in [1.54, 1.807) is 18.5 Å². The van der Waals surface area contributed by atoms with E-state index in [4.69, 9.17) is 11.6 Å². The lowest BCUT2D eigenvalue weighted by molar-refractivity contribution is 0.591. The summed E-state index contributed by atoms with van der Waals surface area (Å²) in [5.74, 6) is -0.957. The number of pyridine rings is 1. The predicted molar refractivity (Wildman–Crippen MR) is 106 cm³/mol. The molecular weight excluding hydrogens is 374 g/mol. The van der Waals surface area contributed by atoms with E-state index in [-0.39, 0.29) is 5.69 Å².